The Morgan fingerprint density at radius 2 is 0.732 bits per heavy atom. The highest BCUT2D eigenvalue weighted by Crippen LogP contribution is 2.38. The standard InChI is InChI=1S/C53H35N3/c1-4-13-36(14-5-1)37-23-27-42(28-24-37)51-35-50(41-18-8-3-9-19-41)55-53(56-51)43-29-25-38(26-30-43)44-20-12-21-45(33-44)47-34-49(40-16-6-2-7-17-40)54-48-32-31-39-15-10-11-22-46(39)52(47)48/h1-35H. The lowest BCUT2D eigenvalue weighted by molar-refractivity contribution is 1.18. The Morgan fingerprint density at radius 3 is 1.39 bits per heavy atom. The Morgan fingerprint density at radius 1 is 0.268 bits per heavy atom. The fourth-order valence-corrected chi connectivity index (χ4v) is 7.61. The normalized spacial score (nSPS) is 11.2. The molecule has 0 saturated carbocycles. The van der Waals surface area contributed by atoms with Gasteiger partial charge in [0, 0.05) is 27.6 Å². The summed E-state index contributed by atoms with van der Waals surface area (Å²) in [4.78, 5) is 15.4. The minimum atomic E-state index is 0.692. The molecule has 2 heterocycles. The molecule has 262 valence electrons. The predicted octanol–water partition coefficient (Wildman–Crippen LogP) is 13.8. The van der Waals surface area contributed by atoms with Crippen LogP contribution in [0.2, 0.25) is 0 Å². The molecule has 3 heteroatoms. The summed E-state index contributed by atoms with van der Waals surface area (Å²) in [7, 11) is 0. The SMILES string of the molecule is c1ccc(-c2ccc(-c3cc(-c4ccccc4)nc(-c4ccc(-c5cccc(-c6cc(-c7ccccc7)nc7ccc8ccccc8c67)c5)cc4)n3)cc2)cc1. The maximum atomic E-state index is 5.16. The van der Waals surface area contributed by atoms with Gasteiger partial charge in [-0.3, -0.25) is 0 Å². The molecule has 0 aliphatic rings. The van der Waals surface area contributed by atoms with E-state index in [1.807, 2.05) is 30.3 Å². The quantitative estimate of drug-likeness (QED) is 0.154. The first-order valence-electron chi connectivity index (χ1n) is 18.9. The molecule has 0 unspecified atom stereocenters. The molecule has 0 fully saturated rings. The monoisotopic (exact) mass is 713 g/mol. The van der Waals surface area contributed by atoms with Crippen LogP contribution in [0.5, 0.6) is 0 Å². The molecule has 0 N–H and O–H groups in total. The number of hydrogen-bond acceptors (Lipinski definition) is 3. The van der Waals surface area contributed by atoms with E-state index in [4.69, 9.17) is 15.0 Å². The molecule has 0 spiro atoms. The molecule has 10 aromatic rings. The largest absolute Gasteiger partial charge is 0.248 e. The minimum Gasteiger partial charge on any atom is -0.248 e. The van der Waals surface area contributed by atoms with Gasteiger partial charge in [-0.1, -0.05) is 188 Å². The smallest absolute Gasteiger partial charge is 0.160 e. The molecule has 0 aliphatic carbocycles. The van der Waals surface area contributed by atoms with Crippen molar-refractivity contribution in [1.29, 1.82) is 0 Å². The topological polar surface area (TPSA) is 38.7 Å². The lowest BCUT2D eigenvalue weighted by Crippen LogP contribution is -1.96. The Bertz CT molecular complexity index is 2980. The number of nitrogens with zero attached hydrogens (tertiary/aromatic N) is 3. The number of fused-ring (bicyclic) bond motifs is 3. The van der Waals surface area contributed by atoms with Crippen molar-refractivity contribution in [2.75, 3.05) is 0 Å². The van der Waals surface area contributed by atoms with Crippen LogP contribution in [0.1, 0.15) is 0 Å². The van der Waals surface area contributed by atoms with E-state index in [0.29, 0.717) is 5.82 Å². The van der Waals surface area contributed by atoms with Gasteiger partial charge in [-0.25, -0.2) is 15.0 Å². The maximum absolute atomic E-state index is 5.16. The summed E-state index contributed by atoms with van der Waals surface area (Å²) in [5.74, 6) is 0.692. The third kappa shape index (κ3) is 6.42. The van der Waals surface area contributed by atoms with Crippen LogP contribution in [0.25, 0.3) is 100 Å². The van der Waals surface area contributed by atoms with Crippen molar-refractivity contribution in [2.45, 2.75) is 0 Å². The van der Waals surface area contributed by atoms with E-state index >= 15 is 0 Å². The first kappa shape index (κ1) is 33.1. The van der Waals surface area contributed by atoms with E-state index in [1.54, 1.807) is 0 Å². The van der Waals surface area contributed by atoms with Crippen LogP contribution in [0.15, 0.2) is 212 Å². The van der Waals surface area contributed by atoms with Crippen LogP contribution in [0, 0.1) is 0 Å². The van der Waals surface area contributed by atoms with Gasteiger partial charge in [0.1, 0.15) is 0 Å². The fraction of sp³-hybridized carbons (Fsp3) is 0. The second-order valence-corrected chi connectivity index (χ2v) is 14.0. The van der Waals surface area contributed by atoms with Crippen molar-refractivity contribution in [3.63, 3.8) is 0 Å². The van der Waals surface area contributed by atoms with Crippen LogP contribution >= 0.6 is 0 Å². The second-order valence-electron chi connectivity index (χ2n) is 14.0. The second kappa shape index (κ2) is 14.4. The van der Waals surface area contributed by atoms with Crippen LogP contribution in [-0.4, -0.2) is 15.0 Å². The third-order valence-corrected chi connectivity index (χ3v) is 10.5. The van der Waals surface area contributed by atoms with E-state index < -0.39 is 0 Å². The Balaban J connectivity index is 1.03. The number of hydrogen-bond donors (Lipinski definition) is 0. The molecule has 0 bridgehead atoms. The van der Waals surface area contributed by atoms with Crippen molar-refractivity contribution in [2.24, 2.45) is 0 Å². The molecule has 56 heavy (non-hydrogen) atoms. The fourth-order valence-electron chi connectivity index (χ4n) is 7.61. The maximum Gasteiger partial charge on any atom is 0.160 e. The van der Waals surface area contributed by atoms with Crippen molar-refractivity contribution in [3.8, 4) is 78.5 Å². The minimum absolute atomic E-state index is 0.692. The molecule has 0 aliphatic heterocycles. The summed E-state index contributed by atoms with van der Waals surface area (Å²) in [6.45, 7) is 0. The zero-order chi connectivity index (χ0) is 37.3. The zero-order valence-electron chi connectivity index (χ0n) is 30.5. The Labute approximate surface area is 326 Å². The third-order valence-electron chi connectivity index (χ3n) is 10.5. The van der Waals surface area contributed by atoms with E-state index in [9.17, 15) is 0 Å². The molecule has 10 rings (SSSR count). The van der Waals surface area contributed by atoms with Gasteiger partial charge >= 0.3 is 0 Å². The van der Waals surface area contributed by atoms with E-state index in [2.05, 4.69) is 182 Å². The summed E-state index contributed by atoms with van der Waals surface area (Å²) in [5, 5.41) is 3.57. The lowest BCUT2D eigenvalue weighted by Gasteiger charge is -2.14. The average Bonchev–Trinajstić information content (AvgIpc) is 3.29. The molecule has 0 saturated heterocycles. The van der Waals surface area contributed by atoms with E-state index in [0.717, 1.165) is 66.9 Å². The first-order chi connectivity index (χ1) is 27.7. The van der Waals surface area contributed by atoms with Crippen LogP contribution in [0.3, 0.4) is 0 Å². The summed E-state index contributed by atoms with van der Waals surface area (Å²) >= 11 is 0. The van der Waals surface area contributed by atoms with Gasteiger partial charge in [0.25, 0.3) is 0 Å². The Hall–Kier alpha value is -7.49. The highest BCUT2D eigenvalue weighted by molar-refractivity contribution is 6.14. The molecular weight excluding hydrogens is 679 g/mol. The lowest BCUT2D eigenvalue weighted by atomic mass is 9.92. The van der Waals surface area contributed by atoms with Gasteiger partial charge in [0.2, 0.25) is 0 Å². The van der Waals surface area contributed by atoms with Crippen molar-refractivity contribution >= 4 is 21.7 Å². The molecule has 8 aromatic carbocycles. The van der Waals surface area contributed by atoms with Gasteiger partial charge in [-0.15, -0.1) is 0 Å². The molecular formula is C53H35N3. The average molecular weight is 714 g/mol. The molecule has 3 nitrogen and oxygen atoms in total. The number of pyridine rings is 1. The van der Waals surface area contributed by atoms with Crippen LogP contribution in [0.4, 0.5) is 0 Å². The summed E-state index contributed by atoms with van der Waals surface area (Å²) in [6.07, 6.45) is 0. The summed E-state index contributed by atoms with van der Waals surface area (Å²) in [6, 6.07) is 74.5. The molecule has 0 amide bonds. The van der Waals surface area contributed by atoms with E-state index in [1.165, 1.54) is 27.5 Å². The van der Waals surface area contributed by atoms with Gasteiger partial charge in [0.05, 0.1) is 22.6 Å². The van der Waals surface area contributed by atoms with Gasteiger partial charge < -0.3 is 0 Å². The highest BCUT2D eigenvalue weighted by atomic mass is 14.9. The van der Waals surface area contributed by atoms with Gasteiger partial charge in [0.15, 0.2) is 5.82 Å². The van der Waals surface area contributed by atoms with Crippen molar-refractivity contribution in [3.05, 3.63) is 212 Å². The summed E-state index contributed by atoms with van der Waals surface area (Å²) in [5.41, 5.74) is 14.8. The van der Waals surface area contributed by atoms with Crippen LogP contribution < -0.4 is 0 Å². The summed E-state index contributed by atoms with van der Waals surface area (Å²) < 4.78 is 0. The predicted molar refractivity (Wildman–Crippen MR) is 233 cm³/mol. The van der Waals surface area contributed by atoms with Gasteiger partial charge in [-0.05, 0) is 68.4 Å². The number of benzene rings is 8. The highest BCUT2D eigenvalue weighted by Gasteiger charge is 2.15. The van der Waals surface area contributed by atoms with Gasteiger partial charge in [-0.2, -0.15) is 0 Å². The molecule has 0 atom stereocenters. The molecule has 2 aromatic heterocycles. The van der Waals surface area contributed by atoms with Crippen molar-refractivity contribution in [1.82, 2.24) is 15.0 Å². The van der Waals surface area contributed by atoms with E-state index in [-0.39, 0.29) is 0 Å². The van der Waals surface area contributed by atoms with Crippen molar-refractivity contribution < 1.29 is 0 Å². The van der Waals surface area contributed by atoms with Crippen LogP contribution in [-0.2, 0) is 0 Å². The number of rotatable bonds is 7. The zero-order valence-corrected chi connectivity index (χ0v) is 30.5. The molecule has 0 radical (unpaired) electrons. The Kier molecular flexibility index (Phi) is 8.51. The first-order valence-corrected chi connectivity index (χ1v) is 18.9. The number of aromatic nitrogens is 3.